The molecule has 2 aromatic heterocycles. The predicted octanol–water partition coefficient (Wildman–Crippen LogP) is 2.70. The van der Waals surface area contributed by atoms with Crippen molar-refractivity contribution in [3.05, 3.63) is 60.4 Å². The van der Waals surface area contributed by atoms with Gasteiger partial charge in [-0.05, 0) is 24.6 Å². The molecule has 3 N–H and O–H groups in total. The Bertz CT molecular complexity index is 1060. The highest BCUT2D eigenvalue weighted by Gasteiger charge is 2.09. The SMILES string of the molecule is CC(=NNc1nn2cnnc2c2ccccc12)c1cccc(N)c1. The number of hydrogen-bond donors (Lipinski definition) is 2. The van der Waals surface area contributed by atoms with Gasteiger partial charge in [0.25, 0.3) is 0 Å². The van der Waals surface area contributed by atoms with E-state index in [1.165, 1.54) is 0 Å². The highest BCUT2D eigenvalue weighted by molar-refractivity contribution is 6.02. The summed E-state index contributed by atoms with van der Waals surface area (Å²) in [6.45, 7) is 1.92. The zero-order chi connectivity index (χ0) is 16.5. The van der Waals surface area contributed by atoms with Gasteiger partial charge in [-0.25, -0.2) is 0 Å². The number of nitrogens with one attached hydrogen (secondary N) is 1. The van der Waals surface area contributed by atoms with Gasteiger partial charge in [0, 0.05) is 16.5 Å². The largest absolute Gasteiger partial charge is 0.399 e. The first-order valence-electron chi connectivity index (χ1n) is 7.47. The summed E-state index contributed by atoms with van der Waals surface area (Å²) < 4.78 is 1.63. The lowest BCUT2D eigenvalue weighted by atomic mass is 10.1. The minimum Gasteiger partial charge on any atom is -0.399 e. The zero-order valence-electron chi connectivity index (χ0n) is 13.0. The number of hydrazone groups is 1. The highest BCUT2D eigenvalue weighted by Crippen LogP contribution is 2.24. The average Bonchev–Trinajstić information content (AvgIpc) is 3.08. The van der Waals surface area contributed by atoms with Crippen molar-refractivity contribution in [3.63, 3.8) is 0 Å². The van der Waals surface area contributed by atoms with Crippen LogP contribution in [0.3, 0.4) is 0 Å². The second-order valence-electron chi connectivity index (χ2n) is 5.43. The molecule has 0 aliphatic heterocycles. The van der Waals surface area contributed by atoms with Crippen molar-refractivity contribution in [1.82, 2.24) is 19.8 Å². The van der Waals surface area contributed by atoms with E-state index in [-0.39, 0.29) is 0 Å². The first kappa shape index (κ1) is 14.1. The minimum atomic E-state index is 0.640. The third-order valence-corrected chi connectivity index (χ3v) is 3.80. The maximum Gasteiger partial charge on any atom is 0.185 e. The molecule has 7 heteroatoms. The van der Waals surface area contributed by atoms with Gasteiger partial charge in [0.1, 0.15) is 6.33 Å². The van der Waals surface area contributed by atoms with Crippen LogP contribution in [0.4, 0.5) is 11.5 Å². The molecule has 0 aliphatic rings. The number of benzene rings is 2. The van der Waals surface area contributed by atoms with Gasteiger partial charge in [-0.15, -0.1) is 15.3 Å². The fraction of sp³-hybridized carbons (Fsp3) is 0.0588. The molecule has 118 valence electrons. The monoisotopic (exact) mass is 317 g/mol. The van der Waals surface area contributed by atoms with E-state index in [0.29, 0.717) is 17.2 Å². The number of rotatable bonds is 3. The topological polar surface area (TPSA) is 93.5 Å². The van der Waals surface area contributed by atoms with Crippen LogP contribution in [0.2, 0.25) is 0 Å². The summed E-state index contributed by atoms with van der Waals surface area (Å²) in [6.07, 6.45) is 1.57. The quantitative estimate of drug-likeness (QED) is 0.344. The molecule has 4 aromatic rings. The van der Waals surface area contributed by atoms with Crippen molar-refractivity contribution in [1.29, 1.82) is 0 Å². The van der Waals surface area contributed by atoms with Gasteiger partial charge in [-0.3, -0.25) is 5.43 Å². The van der Waals surface area contributed by atoms with Crippen molar-refractivity contribution in [2.75, 3.05) is 11.2 Å². The van der Waals surface area contributed by atoms with Gasteiger partial charge < -0.3 is 5.73 Å². The van der Waals surface area contributed by atoms with E-state index in [2.05, 4.69) is 25.8 Å². The average molecular weight is 317 g/mol. The van der Waals surface area contributed by atoms with Crippen LogP contribution >= 0.6 is 0 Å². The van der Waals surface area contributed by atoms with Crippen LogP contribution in [0.1, 0.15) is 12.5 Å². The molecular formula is C17H15N7. The summed E-state index contributed by atoms with van der Waals surface area (Å²) in [4.78, 5) is 0. The van der Waals surface area contributed by atoms with Crippen molar-refractivity contribution in [2.45, 2.75) is 6.92 Å². The van der Waals surface area contributed by atoms with Crippen molar-refractivity contribution in [2.24, 2.45) is 5.10 Å². The van der Waals surface area contributed by atoms with Crippen LogP contribution < -0.4 is 11.2 Å². The van der Waals surface area contributed by atoms with E-state index in [1.807, 2.05) is 55.5 Å². The smallest absolute Gasteiger partial charge is 0.185 e. The second-order valence-corrected chi connectivity index (χ2v) is 5.43. The zero-order valence-corrected chi connectivity index (χ0v) is 13.0. The molecule has 0 atom stereocenters. The molecule has 0 unspecified atom stereocenters. The molecule has 0 saturated heterocycles. The molecule has 4 rings (SSSR count). The second kappa shape index (κ2) is 5.62. The van der Waals surface area contributed by atoms with Gasteiger partial charge in [-0.1, -0.05) is 36.4 Å². The minimum absolute atomic E-state index is 0.640. The fourth-order valence-electron chi connectivity index (χ4n) is 2.57. The fourth-order valence-corrected chi connectivity index (χ4v) is 2.57. The Morgan fingerprint density at radius 1 is 1.12 bits per heavy atom. The van der Waals surface area contributed by atoms with E-state index >= 15 is 0 Å². The molecule has 7 nitrogen and oxygen atoms in total. The Kier molecular flexibility index (Phi) is 3.31. The van der Waals surface area contributed by atoms with E-state index in [1.54, 1.807) is 10.8 Å². The van der Waals surface area contributed by atoms with Crippen molar-refractivity contribution < 1.29 is 0 Å². The lowest BCUT2D eigenvalue weighted by Gasteiger charge is -2.07. The molecule has 0 spiro atoms. The number of anilines is 2. The summed E-state index contributed by atoms with van der Waals surface area (Å²) in [5.74, 6) is 0.640. The molecule has 0 saturated carbocycles. The molecule has 0 amide bonds. The molecule has 0 bridgehead atoms. The van der Waals surface area contributed by atoms with Gasteiger partial charge >= 0.3 is 0 Å². The predicted molar refractivity (Wildman–Crippen MR) is 95.0 cm³/mol. The van der Waals surface area contributed by atoms with Crippen LogP contribution in [0.25, 0.3) is 16.4 Å². The van der Waals surface area contributed by atoms with E-state index in [9.17, 15) is 0 Å². The Labute approximate surface area is 137 Å². The highest BCUT2D eigenvalue weighted by atomic mass is 15.4. The first-order valence-corrected chi connectivity index (χ1v) is 7.47. The summed E-state index contributed by atoms with van der Waals surface area (Å²) in [5.41, 5.74) is 12.1. The molecule has 0 radical (unpaired) electrons. The maximum absolute atomic E-state index is 5.82. The molecular weight excluding hydrogens is 302 g/mol. The lowest BCUT2D eigenvalue weighted by molar-refractivity contribution is 0.934. The molecule has 2 aromatic carbocycles. The van der Waals surface area contributed by atoms with Crippen LogP contribution in [0, 0.1) is 0 Å². The first-order chi connectivity index (χ1) is 11.7. The molecule has 2 heterocycles. The maximum atomic E-state index is 5.82. The van der Waals surface area contributed by atoms with Gasteiger partial charge in [0.2, 0.25) is 0 Å². The number of nitrogen functional groups attached to an aromatic ring is 1. The van der Waals surface area contributed by atoms with Gasteiger partial charge in [0.05, 0.1) is 5.71 Å². The van der Waals surface area contributed by atoms with Crippen molar-refractivity contribution >= 4 is 33.6 Å². The standard InChI is InChI=1S/C17H15N7/c1-11(12-5-4-6-13(18)9-12)20-21-16-14-7-2-3-8-15(14)17-22-19-10-24(17)23-16/h2-10H,18H2,1H3,(H,21,23). The Balaban J connectivity index is 1.77. The van der Waals surface area contributed by atoms with Crippen LogP contribution in [-0.4, -0.2) is 25.5 Å². The summed E-state index contributed by atoms with van der Waals surface area (Å²) in [7, 11) is 0. The molecule has 24 heavy (non-hydrogen) atoms. The summed E-state index contributed by atoms with van der Waals surface area (Å²) in [5, 5.41) is 18.9. The number of hydrogen-bond acceptors (Lipinski definition) is 6. The van der Waals surface area contributed by atoms with Crippen LogP contribution in [0.15, 0.2) is 60.0 Å². The summed E-state index contributed by atoms with van der Waals surface area (Å²) in [6, 6.07) is 15.5. The Hall–Kier alpha value is -3.48. The van der Waals surface area contributed by atoms with Gasteiger partial charge in [-0.2, -0.15) is 9.62 Å². The number of aromatic nitrogens is 4. The van der Waals surface area contributed by atoms with Crippen LogP contribution in [-0.2, 0) is 0 Å². The molecule has 0 fully saturated rings. The lowest BCUT2D eigenvalue weighted by Crippen LogP contribution is -2.04. The number of nitrogens with two attached hydrogens (primary N) is 1. The van der Waals surface area contributed by atoms with Crippen molar-refractivity contribution in [3.8, 4) is 0 Å². The third kappa shape index (κ3) is 2.41. The third-order valence-electron chi connectivity index (χ3n) is 3.80. The summed E-state index contributed by atoms with van der Waals surface area (Å²) >= 11 is 0. The van der Waals surface area contributed by atoms with Crippen LogP contribution in [0.5, 0.6) is 0 Å². The normalized spacial score (nSPS) is 12.0. The van der Waals surface area contributed by atoms with Gasteiger partial charge in [0.15, 0.2) is 11.5 Å². The van der Waals surface area contributed by atoms with E-state index < -0.39 is 0 Å². The van der Waals surface area contributed by atoms with E-state index in [4.69, 9.17) is 5.73 Å². The Morgan fingerprint density at radius 2 is 1.96 bits per heavy atom. The molecule has 0 aliphatic carbocycles. The van der Waals surface area contributed by atoms with E-state index in [0.717, 1.165) is 22.0 Å². The number of nitrogens with zero attached hydrogens (tertiary/aromatic N) is 5. The Morgan fingerprint density at radius 3 is 2.79 bits per heavy atom. The number of fused-ring (bicyclic) bond motifs is 3.